The van der Waals surface area contributed by atoms with Crippen LogP contribution in [0, 0.1) is 32.1 Å². The van der Waals surface area contributed by atoms with Crippen molar-refractivity contribution in [2.75, 3.05) is 13.2 Å². The zero-order valence-electron chi connectivity index (χ0n) is 13.1. The quantitative estimate of drug-likeness (QED) is 0.536. The summed E-state index contributed by atoms with van der Waals surface area (Å²) >= 11 is 0. The second-order valence-corrected chi connectivity index (χ2v) is 5.71. The number of nitro groups is 2. The van der Waals surface area contributed by atoms with Gasteiger partial charge < -0.3 is 9.47 Å². The van der Waals surface area contributed by atoms with Crippen LogP contribution in [0.25, 0.3) is 0 Å². The first-order valence-electron chi connectivity index (χ1n) is 6.94. The number of hydrogen-bond donors (Lipinski definition) is 0. The SMILES string of the molecule is CC(C)COc1cc(OCC(C)C)c([N+](=O)[O-])cc1[N+](=O)[O-]. The number of nitro benzene ring substituents is 2. The van der Waals surface area contributed by atoms with E-state index in [0.29, 0.717) is 0 Å². The van der Waals surface area contributed by atoms with E-state index in [2.05, 4.69) is 0 Å². The molecule has 1 aromatic rings. The first kappa shape index (κ1) is 17.7. The lowest BCUT2D eigenvalue weighted by atomic mass is 10.2. The van der Waals surface area contributed by atoms with Gasteiger partial charge in [0.05, 0.1) is 23.1 Å². The van der Waals surface area contributed by atoms with Gasteiger partial charge in [-0.05, 0) is 11.8 Å². The smallest absolute Gasteiger partial charge is 0.318 e. The van der Waals surface area contributed by atoms with Gasteiger partial charge in [0.15, 0.2) is 0 Å². The summed E-state index contributed by atoms with van der Waals surface area (Å²) in [5.41, 5.74) is -0.881. The van der Waals surface area contributed by atoms with Gasteiger partial charge in [-0.25, -0.2) is 0 Å². The highest BCUT2D eigenvalue weighted by Crippen LogP contribution is 2.39. The normalized spacial score (nSPS) is 10.8. The van der Waals surface area contributed by atoms with Crippen molar-refractivity contribution in [2.45, 2.75) is 27.7 Å². The molecule has 0 aliphatic heterocycles. The molecule has 0 unspecified atom stereocenters. The summed E-state index contributed by atoms with van der Waals surface area (Å²) in [7, 11) is 0. The molecule has 0 spiro atoms. The Morgan fingerprint density at radius 3 is 1.50 bits per heavy atom. The fourth-order valence-electron chi connectivity index (χ4n) is 1.57. The Hall–Kier alpha value is -2.38. The minimum Gasteiger partial charge on any atom is -0.486 e. The molecule has 0 saturated heterocycles. The molecule has 8 nitrogen and oxygen atoms in total. The van der Waals surface area contributed by atoms with Crippen molar-refractivity contribution < 1.29 is 19.3 Å². The molecule has 0 aliphatic carbocycles. The standard InChI is InChI=1S/C14H20N2O6/c1-9(2)7-21-13-6-14(22-8-10(3)4)12(16(19)20)5-11(13)15(17)18/h5-6,9-10H,7-8H2,1-4H3. The molecule has 0 radical (unpaired) electrons. The van der Waals surface area contributed by atoms with Crippen molar-refractivity contribution in [1.82, 2.24) is 0 Å². The Bertz CT molecular complexity index is 511. The number of ether oxygens (including phenoxy) is 2. The van der Waals surface area contributed by atoms with E-state index < -0.39 is 21.2 Å². The largest absolute Gasteiger partial charge is 0.486 e. The van der Waals surface area contributed by atoms with Crippen LogP contribution >= 0.6 is 0 Å². The third kappa shape index (κ3) is 4.87. The first-order chi connectivity index (χ1) is 10.2. The lowest BCUT2D eigenvalue weighted by molar-refractivity contribution is -0.395. The van der Waals surface area contributed by atoms with E-state index in [9.17, 15) is 20.2 Å². The Morgan fingerprint density at radius 1 is 0.864 bits per heavy atom. The molecule has 0 amide bonds. The third-order valence-corrected chi connectivity index (χ3v) is 2.58. The second kappa shape index (κ2) is 7.58. The zero-order valence-corrected chi connectivity index (χ0v) is 13.1. The van der Waals surface area contributed by atoms with E-state index in [4.69, 9.17) is 9.47 Å². The van der Waals surface area contributed by atoms with Gasteiger partial charge in [0, 0.05) is 6.07 Å². The van der Waals surface area contributed by atoms with Gasteiger partial charge in [-0.15, -0.1) is 0 Å². The van der Waals surface area contributed by atoms with Crippen molar-refractivity contribution in [3.8, 4) is 11.5 Å². The van der Waals surface area contributed by atoms with E-state index in [1.54, 1.807) is 0 Å². The number of rotatable bonds is 8. The number of hydrogen-bond acceptors (Lipinski definition) is 6. The van der Waals surface area contributed by atoms with Gasteiger partial charge in [0.1, 0.15) is 6.07 Å². The maximum absolute atomic E-state index is 11.1. The van der Waals surface area contributed by atoms with Gasteiger partial charge >= 0.3 is 11.4 Å². The molecule has 0 bridgehead atoms. The summed E-state index contributed by atoms with van der Waals surface area (Å²) in [6, 6.07) is 2.10. The predicted octanol–water partition coefficient (Wildman–Crippen LogP) is 3.57. The van der Waals surface area contributed by atoms with Gasteiger partial charge in [-0.1, -0.05) is 27.7 Å². The van der Waals surface area contributed by atoms with Crippen LogP contribution in [-0.4, -0.2) is 23.1 Å². The van der Waals surface area contributed by atoms with Crippen molar-refractivity contribution in [3.05, 3.63) is 32.4 Å². The number of nitrogens with zero attached hydrogens (tertiary/aromatic N) is 2. The monoisotopic (exact) mass is 312 g/mol. The van der Waals surface area contributed by atoms with E-state index in [-0.39, 0.29) is 36.5 Å². The van der Waals surface area contributed by atoms with Gasteiger partial charge in [-0.3, -0.25) is 20.2 Å². The molecule has 8 heteroatoms. The highest BCUT2D eigenvalue weighted by molar-refractivity contribution is 5.61. The number of benzene rings is 1. The fourth-order valence-corrected chi connectivity index (χ4v) is 1.57. The Kier molecular flexibility index (Phi) is 6.09. The van der Waals surface area contributed by atoms with Crippen molar-refractivity contribution in [3.63, 3.8) is 0 Å². The summed E-state index contributed by atoms with van der Waals surface area (Å²) < 4.78 is 10.8. The highest BCUT2D eigenvalue weighted by Gasteiger charge is 2.27. The highest BCUT2D eigenvalue weighted by atomic mass is 16.6. The van der Waals surface area contributed by atoms with Gasteiger partial charge in [0.2, 0.25) is 11.5 Å². The molecule has 0 N–H and O–H groups in total. The zero-order chi connectivity index (χ0) is 16.9. The van der Waals surface area contributed by atoms with E-state index in [1.807, 2.05) is 27.7 Å². The van der Waals surface area contributed by atoms with Crippen molar-refractivity contribution >= 4 is 11.4 Å². The molecule has 0 aromatic heterocycles. The molecule has 1 aromatic carbocycles. The molecule has 0 fully saturated rings. The first-order valence-corrected chi connectivity index (χ1v) is 6.94. The average Bonchev–Trinajstić information content (AvgIpc) is 2.41. The summed E-state index contributed by atoms with van der Waals surface area (Å²) in [5.74, 6) is 0.274. The molecular weight excluding hydrogens is 292 g/mol. The van der Waals surface area contributed by atoms with E-state index >= 15 is 0 Å². The summed E-state index contributed by atoms with van der Waals surface area (Å²) in [4.78, 5) is 20.8. The lowest BCUT2D eigenvalue weighted by Crippen LogP contribution is -2.09. The Balaban J connectivity index is 3.25. The maximum Gasteiger partial charge on any atom is 0.318 e. The summed E-state index contributed by atoms with van der Waals surface area (Å²) in [6.45, 7) is 8.12. The van der Waals surface area contributed by atoms with Crippen LogP contribution in [-0.2, 0) is 0 Å². The van der Waals surface area contributed by atoms with Crippen LogP contribution in [0.3, 0.4) is 0 Å². The molecule has 0 atom stereocenters. The van der Waals surface area contributed by atoms with Crippen LogP contribution in [0.15, 0.2) is 12.1 Å². The minimum atomic E-state index is -0.700. The Labute approximate surface area is 128 Å². The summed E-state index contributed by atoms with van der Waals surface area (Å²) in [6.07, 6.45) is 0. The van der Waals surface area contributed by atoms with Crippen molar-refractivity contribution in [1.29, 1.82) is 0 Å². The van der Waals surface area contributed by atoms with Crippen molar-refractivity contribution in [2.24, 2.45) is 11.8 Å². The van der Waals surface area contributed by atoms with Crippen LogP contribution in [0.2, 0.25) is 0 Å². The maximum atomic E-state index is 11.1. The molecule has 122 valence electrons. The van der Waals surface area contributed by atoms with Crippen LogP contribution < -0.4 is 9.47 Å². The fraction of sp³-hybridized carbons (Fsp3) is 0.571. The molecule has 22 heavy (non-hydrogen) atoms. The lowest BCUT2D eigenvalue weighted by Gasteiger charge is -2.12. The summed E-state index contributed by atoms with van der Waals surface area (Å²) in [5, 5.41) is 22.2. The molecule has 0 heterocycles. The van der Waals surface area contributed by atoms with Gasteiger partial charge in [0.25, 0.3) is 0 Å². The van der Waals surface area contributed by atoms with Crippen LogP contribution in [0.4, 0.5) is 11.4 Å². The third-order valence-electron chi connectivity index (χ3n) is 2.58. The topological polar surface area (TPSA) is 105 Å². The molecule has 0 aliphatic rings. The molecule has 0 saturated carbocycles. The van der Waals surface area contributed by atoms with E-state index in [1.165, 1.54) is 6.07 Å². The second-order valence-electron chi connectivity index (χ2n) is 5.71. The van der Waals surface area contributed by atoms with E-state index in [0.717, 1.165) is 6.07 Å². The minimum absolute atomic E-state index is 0.0249. The molecule has 1 rings (SSSR count). The molecular formula is C14H20N2O6. The average molecular weight is 312 g/mol. The van der Waals surface area contributed by atoms with Crippen LogP contribution in [0.5, 0.6) is 11.5 Å². The Morgan fingerprint density at radius 2 is 1.23 bits per heavy atom. The predicted molar refractivity (Wildman–Crippen MR) is 80.4 cm³/mol. The van der Waals surface area contributed by atoms with Crippen LogP contribution in [0.1, 0.15) is 27.7 Å². The van der Waals surface area contributed by atoms with Gasteiger partial charge in [-0.2, -0.15) is 0 Å².